The molecule has 1 heterocycles. The number of aliphatic hydroxyl groups excluding tert-OH is 1. The van der Waals surface area contributed by atoms with E-state index < -0.39 is 6.29 Å². The zero-order valence-corrected chi connectivity index (χ0v) is 9.22. The SMILES string of the molecule is COC(O)C1(CC(C)(C)C)NC1C. The molecule has 0 amide bonds. The molecular weight excluding hydrogens is 166 g/mol. The summed E-state index contributed by atoms with van der Waals surface area (Å²) in [4.78, 5) is 0. The van der Waals surface area contributed by atoms with Crippen LogP contribution in [-0.4, -0.2) is 30.1 Å². The van der Waals surface area contributed by atoms with Gasteiger partial charge in [-0.05, 0) is 18.8 Å². The number of hydrogen-bond donors (Lipinski definition) is 2. The van der Waals surface area contributed by atoms with Gasteiger partial charge in [-0.25, -0.2) is 0 Å². The van der Waals surface area contributed by atoms with Crippen LogP contribution in [-0.2, 0) is 4.74 Å². The van der Waals surface area contributed by atoms with Crippen LogP contribution in [0.2, 0.25) is 0 Å². The Morgan fingerprint density at radius 3 is 2.23 bits per heavy atom. The van der Waals surface area contributed by atoms with E-state index in [2.05, 4.69) is 33.0 Å². The van der Waals surface area contributed by atoms with Crippen molar-refractivity contribution in [1.29, 1.82) is 0 Å². The Bertz CT molecular complexity index is 188. The molecule has 2 N–H and O–H groups in total. The topological polar surface area (TPSA) is 51.4 Å². The van der Waals surface area contributed by atoms with Gasteiger partial charge >= 0.3 is 0 Å². The van der Waals surface area contributed by atoms with Gasteiger partial charge in [0.1, 0.15) is 0 Å². The number of aliphatic hydroxyl groups is 1. The van der Waals surface area contributed by atoms with E-state index in [4.69, 9.17) is 4.74 Å². The molecule has 1 aliphatic rings. The molecule has 1 rings (SSSR count). The third kappa shape index (κ3) is 2.22. The van der Waals surface area contributed by atoms with Crippen LogP contribution in [0.4, 0.5) is 0 Å². The Kier molecular flexibility index (Phi) is 2.72. The van der Waals surface area contributed by atoms with Gasteiger partial charge in [-0.1, -0.05) is 20.8 Å². The molecule has 3 nitrogen and oxygen atoms in total. The van der Waals surface area contributed by atoms with Crippen LogP contribution in [0.3, 0.4) is 0 Å². The molecule has 13 heavy (non-hydrogen) atoms. The first-order valence-electron chi connectivity index (χ1n) is 4.80. The van der Waals surface area contributed by atoms with Gasteiger partial charge in [-0.15, -0.1) is 0 Å². The van der Waals surface area contributed by atoms with E-state index in [1.54, 1.807) is 7.11 Å². The third-order valence-corrected chi connectivity index (χ3v) is 2.66. The first kappa shape index (κ1) is 11.0. The molecule has 0 radical (unpaired) electrons. The summed E-state index contributed by atoms with van der Waals surface area (Å²) in [7, 11) is 1.54. The second kappa shape index (κ2) is 3.23. The van der Waals surface area contributed by atoms with Crippen molar-refractivity contribution in [2.24, 2.45) is 5.41 Å². The van der Waals surface area contributed by atoms with Gasteiger partial charge in [0.2, 0.25) is 0 Å². The molecule has 0 aromatic heterocycles. The minimum Gasteiger partial charge on any atom is -0.366 e. The van der Waals surface area contributed by atoms with Gasteiger partial charge in [-0.2, -0.15) is 0 Å². The average molecular weight is 187 g/mol. The summed E-state index contributed by atoms with van der Waals surface area (Å²) < 4.78 is 4.99. The smallest absolute Gasteiger partial charge is 0.174 e. The van der Waals surface area contributed by atoms with Gasteiger partial charge in [0.05, 0.1) is 5.54 Å². The zero-order valence-electron chi connectivity index (χ0n) is 9.22. The zero-order chi connectivity index (χ0) is 10.3. The Morgan fingerprint density at radius 2 is 2.00 bits per heavy atom. The van der Waals surface area contributed by atoms with Crippen LogP contribution in [0.5, 0.6) is 0 Å². The van der Waals surface area contributed by atoms with E-state index in [0.29, 0.717) is 6.04 Å². The Morgan fingerprint density at radius 1 is 1.54 bits per heavy atom. The van der Waals surface area contributed by atoms with Crippen LogP contribution in [0.1, 0.15) is 34.1 Å². The normalized spacial score (nSPS) is 36.0. The minimum absolute atomic E-state index is 0.206. The molecule has 1 aliphatic heterocycles. The van der Waals surface area contributed by atoms with Crippen molar-refractivity contribution >= 4 is 0 Å². The molecule has 0 aromatic rings. The highest BCUT2D eigenvalue weighted by atomic mass is 16.6. The van der Waals surface area contributed by atoms with Gasteiger partial charge in [0.25, 0.3) is 0 Å². The van der Waals surface area contributed by atoms with Gasteiger partial charge < -0.3 is 15.2 Å². The predicted molar refractivity (Wildman–Crippen MR) is 52.4 cm³/mol. The lowest BCUT2D eigenvalue weighted by atomic mass is 9.82. The maximum atomic E-state index is 9.70. The average Bonchev–Trinajstić information content (AvgIpc) is 2.57. The monoisotopic (exact) mass is 187 g/mol. The van der Waals surface area contributed by atoms with Crippen molar-refractivity contribution in [1.82, 2.24) is 5.32 Å². The highest BCUT2D eigenvalue weighted by Gasteiger charge is 2.57. The Balaban J connectivity index is 2.63. The van der Waals surface area contributed by atoms with Gasteiger partial charge in [0.15, 0.2) is 6.29 Å². The fourth-order valence-corrected chi connectivity index (χ4v) is 2.03. The van der Waals surface area contributed by atoms with E-state index in [9.17, 15) is 5.11 Å². The summed E-state index contributed by atoms with van der Waals surface area (Å²) in [5.74, 6) is 0. The second-order valence-electron chi connectivity index (χ2n) is 5.23. The maximum Gasteiger partial charge on any atom is 0.174 e. The molecule has 0 aromatic carbocycles. The number of nitrogens with one attached hydrogen (secondary N) is 1. The van der Waals surface area contributed by atoms with Crippen LogP contribution >= 0.6 is 0 Å². The first-order valence-corrected chi connectivity index (χ1v) is 4.80. The lowest BCUT2D eigenvalue weighted by molar-refractivity contribution is -0.108. The van der Waals surface area contributed by atoms with Gasteiger partial charge in [-0.3, -0.25) is 0 Å². The Hall–Kier alpha value is -0.120. The van der Waals surface area contributed by atoms with E-state index in [0.717, 1.165) is 6.42 Å². The fraction of sp³-hybridized carbons (Fsp3) is 1.00. The molecule has 3 unspecified atom stereocenters. The fourth-order valence-electron chi connectivity index (χ4n) is 2.03. The quantitative estimate of drug-likeness (QED) is 0.514. The van der Waals surface area contributed by atoms with Crippen LogP contribution in [0.15, 0.2) is 0 Å². The molecule has 78 valence electrons. The van der Waals surface area contributed by atoms with Gasteiger partial charge in [0, 0.05) is 13.2 Å². The molecule has 0 spiro atoms. The van der Waals surface area contributed by atoms with E-state index in [1.165, 1.54) is 0 Å². The maximum absolute atomic E-state index is 9.70. The molecule has 3 heteroatoms. The largest absolute Gasteiger partial charge is 0.366 e. The lowest BCUT2D eigenvalue weighted by Gasteiger charge is -2.28. The standard InChI is InChI=1S/C10H21NO2/c1-7-10(11-7,8(12)13-5)6-9(2,3)4/h7-8,11-12H,6H2,1-5H3. The van der Waals surface area contributed by atoms with Crippen molar-refractivity contribution in [2.75, 3.05) is 7.11 Å². The van der Waals surface area contributed by atoms with Crippen molar-refractivity contribution in [2.45, 2.75) is 52.0 Å². The van der Waals surface area contributed by atoms with Crippen LogP contribution in [0.25, 0.3) is 0 Å². The van der Waals surface area contributed by atoms with E-state index >= 15 is 0 Å². The number of hydrogen-bond acceptors (Lipinski definition) is 3. The summed E-state index contributed by atoms with van der Waals surface area (Å²) in [6.07, 6.45) is 0.234. The summed E-state index contributed by atoms with van der Waals surface area (Å²) in [6, 6.07) is 0.349. The van der Waals surface area contributed by atoms with Crippen LogP contribution < -0.4 is 5.32 Å². The highest BCUT2D eigenvalue weighted by Crippen LogP contribution is 2.40. The minimum atomic E-state index is -0.693. The van der Waals surface area contributed by atoms with Crippen molar-refractivity contribution in [3.05, 3.63) is 0 Å². The summed E-state index contributed by atoms with van der Waals surface area (Å²) in [6.45, 7) is 8.59. The second-order valence-corrected chi connectivity index (χ2v) is 5.23. The molecular formula is C10H21NO2. The molecule has 1 saturated heterocycles. The molecule has 0 bridgehead atoms. The Labute approximate surface area is 80.5 Å². The number of methoxy groups -OCH3 is 1. The molecule has 0 aliphatic carbocycles. The molecule has 1 fully saturated rings. The number of ether oxygens (including phenoxy) is 1. The summed E-state index contributed by atoms with van der Waals surface area (Å²) in [5, 5.41) is 13.0. The predicted octanol–water partition coefficient (Wildman–Crippen LogP) is 1.12. The van der Waals surface area contributed by atoms with Crippen molar-refractivity contribution in [3.63, 3.8) is 0 Å². The molecule has 3 atom stereocenters. The van der Waals surface area contributed by atoms with Crippen molar-refractivity contribution in [3.8, 4) is 0 Å². The first-order chi connectivity index (χ1) is 5.82. The lowest BCUT2D eigenvalue weighted by Crippen LogP contribution is -2.38. The highest BCUT2D eigenvalue weighted by molar-refractivity contribution is 5.15. The van der Waals surface area contributed by atoms with Crippen LogP contribution in [0, 0.1) is 5.41 Å². The third-order valence-electron chi connectivity index (χ3n) is 2.66. The van der Waals surface area contributed by atoms with E-state index in [-0.39, 0.29) is 11.0 Å². The molecule has 0 saturated carbocycles. The van der Waals surface area contributed by atoms with Crippen molar-refractivity contribution < 1.29 is 9.84 Å². The number of rotatable bonds is 3. The summed E-state index contributed by atoms with van der Waals surface area (Å²) in [5.41, 5.74) is -0.00965. The summed E-state index contributed by atoms with van der Waals surface area (Å²) >= 11 is 0. The van der Waals surface area contributed by atoms with E-state index in [1.807, 2.05) is 0 Å².